The lowest BCUT2D eigenvalue weighted by Crippen LogP contribution is -2.38. The zero-order chi connectivity index (χ0) is 35.3. The van der Waals surface area contributed by atoms with Crippen molar-refractivity contribution in [2.45, 2.75) is 52.1 Å². The molecule has 1 aliphatic heterocycles. The molecule has 0 saturated carbocycles. The van der Waals surface area contributed by atoms with Gasteiger partial charge in [0, 0.05) is 24.2 Å². The first-order chi connectivity index (χ1) is 24.0. The molecule has 0 fully saturated rings. The van der Waals surface area contributed by atoms with Crippen molar-refractivity contribution in [3.05, 3.63) is 95.7 Å². The maximum atomic E-state index is 13.4. The first kappa shape index (κ1) is 34.4. The van der Waals surface area contributed by atoms with Crippen molar-refractivity contribution in [3.63, 3.8) is 0 Å². The fourth-order valence-corrected chi connectivity index (χ4v) is 6.46. The highest BCUT2D eigenvalue weighted by Gasteiger charge is 2.25. The summed E-state index contributed by atoms with van der Waals surface area (Å²) in [6.07, 6.45) is 2.49. The van der Waals surface area contributed by atoms with Crippen molar-refractivity contribution in [1.82, 2.24) is 9.97 Å². The van der Waals surface area contributed by atoms with Crippen LogP contribution in [0.1, 0.15) is 55.2 Å². The van der Waals surface area contributed by atoms with Crippen LogP contribution in [0.25, 0.3) is 21.5 Å². The number of nitrogens with one attached hydrogen (secondary N) is 1. The molecule has 0 saturated heterocycles. The molecule has 0 unspecified atom stereocenters. The smallest absolute Gasteiger partial charge is 0.358 e. The highest BCUT2D eigenvalue weighted by Crippen LogP contribution is 2.34. The molecule has 0 bridgehead atoms. The van der Waals surface area contributed by atoms with Crippen molar-refractivity contribution in [2.24, 2.45) is 0 Å². The Balaban J connectivity index is 1.07. The number of anilines is 2. The maximum Gasteiger partial charge on any atom is 0.358 e. The van der Waals surface area contributed by atoms with Gasteiger partial charge in [-0.15, -0.1) is 0 Å². The second kappa shape index (κ2) is 15.0. The molecule has 0 atom stereocenters. The normalized spacial score (nSPS) is 12.7. The quantitative estimate of drug-likeness (QED) is 0.105. The number of pyridine rings is 1. The molecule has 50 heavy (non-hydrogen) atoms. The Morgan fingerprint density at radius 1 is 0.940 bits per heavy atom. The Morgan fingerprint density at radius 2 is 1.72 bits per heavy atom. The van der Waals surface area contributed by atoms with Crippen LogP contribution in [-0.2, 0) is 22.4 Å². The van der Waals surface area contributed by atoms with E-state index in [0.29, 0.717) is 35.1 Å². The van der Waals surface area contributed by atoms with E-state index in [1.807, 2.05) is 87.5 Å². The summed E-state index contributed by atoms with van der Waals surface area (Å²) >= 11 is 1.42. The number of benzene rings is 3. The van der Waals surface area contributed by atoms with E-state index in [0.717, 1.165) is 39.9 Å². The zero-order valence-electron chi connectivity index (χ0n) is 28.1. The number of aromatic nitrogens is 2. The summed E-state index contributed by atoms with van der Waals surface area (Å²) in [6, 6.07) is 23.9. The number of urea groups is 1. The third kappa shape index (κ3) is 8.56. The molecule has 11 nitrogen and oxygen atoms in total. The summed E-state index contributed by atoms with van der Waals surface area (Å²) in [5.41, 5.74) is 3.97. The Bertz CT molecular complexity index is 1990. The van der Waals surface area contributed by atoms with E-state index in [4.69, 9.17) is 14.2 Å². The van der Waals surface area contributed by atoms with Crippen LogP contribution in [0, 0.1) is 0 Å². The maximum absolute atomic E-state index is 13.4. The number of carboxylic acids is 1. The summed E-state index contributed by atoms with van der Waals surface area (Å²) in [4.78, 5) is 48.2. The van der Waals surface area contributed by atoms with Crippen LogP contribution in [0.2, 0.25) is 0 Å². The number of ether oxygens (including phenoxy) is 3. The Kier molecular flexibility index (Phi) is 10.3. The fraction of sp³-hybridized carbons (Fsp3) is 0.289. The van der Waals surface area contributed by atoms with Crippen molar-refractivity contribution in [1.29, 1.82) is 0 Å². The molecular formula is C38H38N4O7S. The predicted octanol–water partition coefficient (Wildman–Crippen LogP) is 7.77. The fourth-order valence-electron chi connectivity index (χ4n) is 5.61. The van der Waals surface area contributed by atoms with Gasteiger partial charge in [0.25, 0.3) is 0 Å². The first-order valence-electron chi connectivity index (χ1n) is 16.4. The van der Waals surface area contributed by atoms with Crippen LogP contribution < -0.4 is 19.7 Å². The number of aryl methyl sites for hydroxylation is 2. The number of para-hydroxylation sites is 1. The predicted molar refractivity (Wildman–Crippen MR) is 193 cm³/mol. The summed E-state index contributed by atoms with van der Waals surface area (Å²) in [7, 11) is 0. The third-order valence-corrected chi connectivity index (χ3v) is 8.84. The van der Waals surface area contributed by atoms with Gasteiger partial charge in [0.05, 0.1) is 15.9 Å². The lowest BCUT2D eigenvalue weighted by atomic mass is 9.98. The van der Waals surface area contributed by atoms with Crippen molar-refractivity contribution >= 4 is 50.3 Å². The van der Waals surface area contributed by atoms with Gasteiger partial charge in [0.1, 0.15) is 24.6 Å². The van der Waals surface area contributed by atoms with Gasteiger partial charge >= 0.3 is 18.0 Å². The van der Waals surface area contributed by atoms with Crippen molar-refractivity contribution < 1.29 is 33.7 Å². The summed E-state index contributed by atoms with van der Waals surface area (Å²) in [5, 5.41) is 13.4. The molecular weight excluding hydrogens is 657 g/mol. The molecule has 12 heteroatoms. The van der Waals surface area contributed by atoms with Crippen LogP contribution >= 0.6 is 11.3 Å². The number of aromatic carboxylic acids is 1. The van der Waals surface area contributed by atoms with E-state index in [1.165, 1.54) is 11.3 Å². The summed E-state index contributed by atoms with van der Waals surface area (Å²) < 4.78 is 17.9. The van der Waals surface area contributed by atoms with Crippen LogP contribution in [-0.4, -0.2) is 58.4 Å². The number of carbonyl (C=O) groups excluding carboxylic acids is 2. The number of thiazole rings is 1. The van der Waals surface area contributed by atoms with E-state index in [2.05, 4.69) is 15.3 Å². The number of carbonyl (C=O) groups is 3. The Labute approximate surface area is 293 Å². The molecule has 2 aromatic heterocycles. The number of nitrogens with zero attached hydrogens (tertiary/aromatic N) is 3. The number of rotatable bonds is 11. The van der Waals surface area contributed by atoms with Gasteiger partial charge in [0.2, 0.25) is 0 Å². The standard InChI is InChI=1S/C38H38N4O7S/c1-38(2,3)49-33(43)19-12-24-10-15-27(16-11-24)47-21-22-48-31-18-17-28(39-34(31)35(44)45)26-14-13-25-7-6-20-42(30(25)23-26)37(46)41-36-40-29-8-4-5-9-32(29)50-36/h4-5,8-11,13-18,23H,6-7,12,19-22H2,1-3H3,(H,44,45)(H,40,41,46). The van der Waals surface area contributed by atoms with Gasteiger partial charge in [0.15, 0.2) is 16.6 Å². The number of esters is 1. The van der Waals surface area contributed by atoms with Crippen molar-refractivity contribution in [2.75, 3.05) is 30.0 Å². The van der Waals surface area contributed by atoms with Crippen LogP contribution in [0.15, 0.2) is 78.9 Å². The average Bonchev–Trinajstić information content (AvgIpc) is 3.50. The van der Waals surface area contributed by atoms with Gasteiger partial charge in [-0.05, 0) is 93.6 Å². The van der Waals surface area contributed by atoms with Gasteiger partial charge in [-0.25, -0.2) is 19.6 Å². The van der Waals surface area contributed by atoms with Crippen LogP contribution in [0.4, 0.5) is 15.6 Å². The monoisotopic (exact) mass is 694 g/mol. The summed E-state index contributed by atoms with van der Waals surface area (Å²) in [6.45, 7) is 6.34. The molecule has 0 spiro atoms. The lowest BCUT2D eigenvalue weighted by molar-refractivity contribution is -0.154. The highest BCUT2D eigenvalue weighted by molar-refractivity contribution is 7.22. The van der Waals surface area contributed by atoms with E-state index in [9.17, 15) is 19.5 Å². The minimum Gasteiger partial charge on any atom is -0.490 e. The number of carboxylic acid groups (broad SMARTS) is 1. The topological polar surface area (TPSA) is 140 Å². The molecule has 6 rings (SSSR count). The molecule has 258 valence electrons. The average molecular weight is 695 g/mol. The molecule has 0 aliphatic carbocycles. The number of hydrogen-bond acceptors (Lipinski definition) is 9. The third-order valence-electron chi connectivity index (χ3n) is 7.88. The molecule has 2 N–H and O–H groups in total. The first-order valence-corrected chi connectivity index (χ1v) is 17.2. The van der Waals surface area contributed by atoms with Gasteiger partial charge in [-0.3, -0.25) is 15.0 Å². The number of amides is 2. The Morgan fingerprint density at radius 3 is 2.48 bits per heavy atom. The van der Waals surface area contributed by atoms with E-state index >= 15 is 0 Å². The molecule has 1 aliphatic rings. The van der Waals surface area contributed by atoms with Crippen LogP contribution in [0.3, 0.4) is 0 Å². The molecule has 3 heterocycles. The largest absolute Gasteiger partial charge is 0.490 e. The molecule has 0 radical (unpaired) electrons. The minimum absolute atomic E-state index is 0.0965. The van der Waals surface area contributed by atoms with Gasteiger partial charge in [-0.1, -0.05) is 47.7 Å². The summed E-state index contributed by atoms with van der Waals surface area (Å²) in [5.74, 6) is -0.720. The Hall–Kier alpha value is -5.49. The van der Waals surface area contributed by atoms with E-state index in [-0.39, 0.29) is 43.1 Å². The minimum atomic E-state index is -1.22. The van der Waals surface area contributed by atoms with Crippen molar-refractivity contribution in [3.8, 4) is 22.8 Å². The molecule has 2 amide bonds. The number of hydrogen-bond donors (Lipinski definition) is 2. The second-order valence-corrected chi connectivity index (χ2v) is 13.8. The highest BCUT2D eigenvalue weighted by atomic mass is 32.1. The van der Waals surface area contributed by atoms with E-state index < -0.39 is 11.6 Å². The van der Waals surface area contributed by atoms with Gasteiger partial charge in [-0.2, -0.15) is 0 Å². The lowest BCUT2D eigenvalue weighted by Gasteiger charge is -2.29. The second-order valence-electron chi connectivity index (χ2n) is 12.8. The zero-order valence-corrected chi connectivity index (χ0v) is 28.9. The van der Waals surface area contributed by atoms with Gasteiger partial charge < -0.3 is 19.3 Å². The molecule has 5 aromatic rings. The van der Waals surface area contributed by atoms with Crippen LogP contribution in [0.5, 0.6) is 11.5 Å². The SMILES string of the molecule is CC(C)(C)OC(=O)CCc1ccc(OCCOc2ccc(-c3ccc4c(c3)N(C(=O)Nc3nc5ccccc5s3)CCC4)nc2C(=O)O)cc1. The van der Waals surface area contributed by atoms with E-state index in [1.54, 1.807) is 17.0 Å². The number of fused-ring (bicyclic) bond motifs is 2. The molecule has 3 aromatic carbocycles.